The molecule has 0 unspecified atom stereocenters. The van der Waals surface area contributed by atoms with E-state index in [2.05, 4.69) is 21.9 Å². The summed E-state index contributed by atoms with van der Waals surface area (Å²) in [6.07, 6.45) is 6.29. The summed E-state index contributed by atoms with van der Waals surface area (Å²) in [7, 11) is 0. The minimum Gasteiger partial charge on any atom is -0.331 e. The lowest BCUT2D eigenvalue weighted by molar-refractivity contribution is 0.0447. The Morgan fingerprint density at radius 3 is 2.25 bits per heavy atom. The number of likely N-dealkylation sites (tertiary alicyclic amines) is 1. The van der Waals surface area contributed by atoms with E-state index in [9.17, 15) is 4.79 Å². The summed E-state index contributed by atoms with van der Waals surface area (Å²) >= 11 is 0. The van der Waals surface area contributed by atoms with Gasteiger partial charge in [0, 0.05) is 37.3 Å². The van der Waals surface area contributed by atoms with Gasteiger partial charge in [-0.25, -0.2) is 0 Å². The highest BCUT2D eigenvalue weighted by molar-refractivity contribution is 5.99. The van der Waals surface area contributed by atoms with Crippen molar-refractivity contribution in [2.75, 3.05) is 13.1 Å². The van der Waals surface area contributed by atoms with E-state index < -0.39 is 0 Å². The van der Waals surface area contributed by atoms with Crippen LogP contribution in [-0.2, 0) is 6.54 Å². The number of benzene rings is 2. The smallest absolute Gasteiger partial charge is 0.254 e. The Balaban J connectivity index is 1.30. The van der Waals surface area contributed by atoms with Crippen LogP contribution in [-0.4, -0.2) is 40.9 Å². The van der Waals surface area contributed by atoms with E-state index in [1.54, 1.807) is 0 Å². The summed E-state index contributed by atoms with van der Waals surface area (Å²) < 4.78 is 0. The molecule has 0 N–H and O–H groups in total. The molecule has 5 rings (SSSR count). The van der Waals surface area contributed by atoms with Crippen LogP contribution in [0.25, 0.3) is 11.1 Å². The van der Waals surface area contributed by atoms with Gasteiger partial charge in [-0.2, -0.15) is 5.26 Å². The molecule has 142 valence electrons. The van der Waals surface area contributed by atoms with E-state index in [0.717, 1.165) is 60.8 Å². The van der Waals surface area contributed by atoms with Crippen molar-refractivity contribution in [3.05, 3.63) is 59.2 Å². The minimum atomic E-state index is 0.198. The molecule has 2 fully saturated rings. The standard InChI is InChI=1S/C24H25N3O/c25-15-17-4-6-18(7-5-17)19-8-9-23-20(14-19)16-27(24(23)28)22-10-12-26(13-11-22)21-2-1-3-21/h4-9,14,21-22H,1-3,10-13,16H2. The summed E-state index contributed by atoms with van der Waals surface area (Å²) in [5.41, 5.74) is 4.85. The Morgan fingerprint density at radius 1 is 0.893 bits per heavy atom. The zero-order valence-electron chi connectivity index (χ0n) is 16.1. The summed E-state index contributed by atoms with van der Waals surface area (Å²) in [5, 5.41) is 8.98. The summed E-state index contributed by atoms with van der Waals surface area (Å²) in [5.74, 6) is 0.198. The Bertz CT molecular complexity index is 931. The van der Waals surface area contributed by atoms with Crippen molar-refractivity contribution < 1.29 is 4.79 Å². The van der Waals surface area contributed by atoms with Gasteiger partial charge in [0.05, 0.1) is 11.6 Å². The third-order valence-corrected chi connectivity index (χ3v) is 6.82. The van der Waals surface area contributed by atoms with Crippen molar-refractivity contribution >= 4 is 5.91 Å². The maximum atomic E-state index is 13.0. The second-order valence-corrected chi connectivity index (χ2v) is 8.35. The quantitative estimate of drug-likeness (QED) is 0.812. The zero-order chi connectivity index (χ0) is 19.1. The highest BCUT2D eigenvalue weighted by atomic mass is 16.2. The van der Waals surface area contributed by atoms with Crippen LogP contribution >= 0.6 is 0 Å². The number of piperidine rings is 1. The van der Waals surface area contributed by atoms with Crippen molar-refractivity contribution in [3.63, 3.8) is 0 Å². The molecule has 0 aromatic heterocycles. The van der Waals surface area contributed by atoms with Gasteiger partial charge in [-0.3, -0.25) is 4.79 Å². The molecule has 1 amide bonds. The van der Waals surface area contributed by atoms with E-state index in [-0.39, 0.29) is 5.91 Å². The fraction of sp³-hybridized carbons (Fsp3) is 0.417. The molecule has 2 aromatic rings. The summed E-state index contributed by atoms with van der Waals surface area (Å²) in [6.45, 7) is 2.99. The second kappa shape index (κ2) is 7.07. The van der Waals surface area contributed by atoms with Gasteiger partial charge in [0.25, 0.3) is 5.91 Å². The molecule has 0 radical (unpaired) electrons. The van der Waals surface area contributed by atoms with Gasteiger partial charge in [-0.15, -0.1) is 0 Å². The average Bonchev–Trinajstić information content (AvgIpc) is 3.03. The largest absolute Gasteiger partial charge is 0.331 e. The van der Waals surface area contributed by atoms with E-state index in [4.69, 9.17) is 5.26 Å². The molecule has 0 bridgehead atoms. The van der Waals surface area contributed by atoms with Crippen molar-refractivity contribution in [1.29, 1.82) is 5.26 Å². The first-order chi connectivity index (χ1) is 13.7. The Morgan fingerprint density at radius 2 is 1.61 bits per heavy atom. The van der Waals surface area contributed by atoms with Crippen LogP contribution in [0.4, 0.5) is 0 Å². The van der Waals surface area contributed by atoms with Crippen molar-refractivity contribution in [3.8, 4) is 17.2 Å². The van der Waals surface area contributed by atoms with Crippen LogP contribution in [0.5, 0.6) is 0 Å². The molecule has 1 aliphatic carbocycles. The molecule has 1 saturated carbocycles. The molecule has 2 heterocycles. The molecule has 1 saturated heterocycles. The Labute approximate surface area is 166 Å². The first-order valence-corrected chi connectivity index (χ1v) is 10.4. The number of nitriles is 1. The molecule has 0 spiro atoms. The van der Waals surface area contributed by atoms with Crippen LogP contribution in [0.3, 0.4) is 0 Å². The zero-order valence-corrected chi connectivity index (χ0v) is 16.1. The maximum Gasteiger partial charge on any atom is 0.254 e. The fourth-order valence-corrected chi connectivity index (χ4v) is 4.87. The molecule has 2 aliphatic heterocycles. The molecule has 4 heteroatoms. The average molecular weight is 371 g/mol. The number of amides is 1. The predicted molar refractivity (Wildman–Crippen MR) is 109 cm³/mol. The number of nitrogens with zero attached hydrogens (tertiary/aromatic N) is 3. The van der Waals surface area contributed by atoms with Gasteiger partial charge in [0.1, 0.15) is 0 Å². The highest BCUT2D eigenvalue weighted by Gasteiger charge is 2.36. The fourth-order valence-electron chi connectivity index (χ4n) is 4.87. The molecular formula is C24H25N3O. The van der Waals surface area contributed by atoms with Gasteiger partial charge in [-0.1, -0.05) is 24.6 Å². The number of carbonyl (C=O) groups is 1. The van der Waals surface area contributed by atoms with Crippen LogP contribution in [0, 0.1) is 11.3 Å². The second-order valence-electron chi connectivity index (χ2n) is 8.35. The number of hydrogen-bond acceptors (Lipinski definition) is 3. The number of rotatable bonds is 3. The van der Waals surface area contributed by atoms with Crippen molar-refractivity contribution in [2.45, 2.75) is 50.7 Å². The molecular weight excluding hydrogens is 346 g/mol. The van der Waals surface area contributed by atoms with Gasteiger partial charge in [-0.05, 0) is 66.6 Å². The van der Waals surface area contributed by atoms with Crippen LogP contribution in [0.15, 0.2) is 42.5 Å². The summed E-state index contributed by atoms with van der Waals surface area (Å²) in [4.78, 5) is 17.7. The molecule has 0 atom stereocenters. The van der Waals surface area contributed by atoms with E-state index in [1.165, 1.54) is 19.3 Å². The third-order valence-electron chi connectivity index (χ3n) is 6.82. The lowest BCUT2D eigenvalue weighted by Gasteiger charge is -2.43. The van der Waals surface area contributed by atoms with Crippen molar-refractivity contribution in [1.82, 2.24) is 9.80 Å². The van der Waals surface area contributed by atoms with Crippen LogP contribution in [0.1, 0.15) is 53.6 Å². The monoisotopic (exact) mass is 371 g/mol. The lowest BCUT2D eigenvalue weighted by atomic mass is 9.89. The Kier molecular flexibility index (Phi) is 4.41. The predicted octanol–water partition coefficient (Wildman–Crippen LogP) is 4.20. The number of carbonyl (C=O) groups excluding carboxylic acids is 1. The van der Waals surface area contributed by atoms with Crippen LogP contribution < -0.4 is 0 Å². The number of hydrogen-bond donors (Lipinski definition) is 0. The molecule has 2 aromatic carbocycles. The molecule has 28 heavy (non-hydrogen) atoms. The first-order valence-electron chi connectivity index (χ1n) is 10.4. The van der Waals surface area contributed by atoms with Gasteiger partial charge in [0.15, 0.2) is 0 Å². The van der Waals surface area contributed by atoms with E-state index in [0.29, 0.717) is 11.6 Å². The van der Waals surface area contributed by atoms with Gasteiger partial charge in [0.2, 0.25) is 0 Å². The minimum absolute atomic E-state index is 0.198. The molecule has 3 aliphatic rings. The normalized spacial score (nSPS) is 20.7. The van der Waals surface area contributed by atoms with Crippen molar-refractivity contribution in [2.24, 2.45) is 0 Å². The number of fused-ring (bicyclic) bond motifs is 1. The first kappa shape index (κ1) is 17.5. The SMILES string of the molecule is N#Cc1ccc(-c2ccc3c(c2)CN(C2CCN(C4CCC4)CC2)C3=O)cc1. The van der Waals surface area contributed by atoms with Gasteiger partial charge >= 0.3 is 0 Å². The lowest BCUT2D eigenvalue weighted by Crippen LogP contribution is -2.49. The summed E-state index contributed by atoms with van der Waals surface area (Å²) in [6, 6.07) is 17.1. The van der Waals surface area contributed by atoms with Crippen LogP contribution in [0.2, 0.25) is 0 Å². The maximum absolute atomic E-state index is 13.0. The third kappa shape index (κ3) is 3.00. The van der Waals surface area contributed by atoms with Gasteiger partial charge < -0.3 is 9.80 Å². The highest BCUT2D eigenvalue weighted by Crippen LogP contribution is 2.33. The van der Waals surface area contributed by atoms with E-state index >= 15 is 0 Å². The Hall–Kier alpha value is -2.64. The molecule has 4 nitrogen and oxygen atoms in total. The van der Waals surface area contributed by atoms with E-state index in [1.807, 2.05) is 36.4 Å². The topological polar surface area (TPSA) is 47.3 Å².